The topological polar surface area (TPSA) is 0 Å². The van der Waals surface area contributed by atoms with Crippen molar-refractivity contribution in [2.45, 2.75) is 12.2 Å². The van der Waals surface area contributed by atoms with Crippen LogP contribution in [0.1, 0.15) is 8.35 Å². The monoisotopic (exact) mass is 98.0 g/mol. The summed E-state index contributed by atoms with van der Waals surface area (Å²) in [6.45, 7) is 2.24. The van der Waals surface area contributed by atoms with Crippen molar-refractivity contribution in [1.29, 1.82) is 0 Å². The van der Waals surface area contributed by atoms with Crippen LogP contribution in [0.2, 0.25) is 0 Å². The Morgan fingerprint density at radius 1 is 2.00 bits per heavy atom. The molecule has 1 saturated heterocycles. The summed E-state index contributed by atoms with van der Waals surface area (Å²) in [7, 11) is 0. The Kier molecular flexibility index (Phi) is 3.19. The molecule has 0 nitrogen and oxygen atoms in total. The standard InChI is InChI=1S/C3H6S.Na.H/c1-3-2-4-3;;/h3H,2H2,1H3;;/q;+1;-1. The van der Waals surface area contributed by atoms with Crippen molar-refractivity contribution in [3.8, 4) is 0 Å². The van der Waals surface area contributed by atoms with Crippen LogP contribution in [0.15, 0.2) is 0 Å². The SMILES string of the molecule is CC1CS1.[H-].[Na+]. The number of thioether (sulfide) groups is 1. The van der Waals surface area contributed by atoms with Crippen LogP contribution in [0.3, 0.4) is 0 Å². The fourth-order valence-electron chi connectivity index (χ4n) is 0.0962. The first-order valence-corrected chi connectivity index (χ1v) is 2.56. The summed E-state index contributed by atoms with van der Waals surface area (Å²) in [6.07, 6.45) is 0. The molecule has 0 radical (unpaired) electrons. The van der Waals surface area contributed by atoms with Gasteiger partial charge in [-0.05, 0) is 0 Å². The molecule has 1 fully saturated rings. The Morgan fingerprint density at radius 2 is 2.20 bits per heavy atom. The molecule has 0 amide bonds. The smallest absolute Gasteiger partial charge is 1.00 e. The second-order valence-electron chi connectivity index (χ2n) is 1.14. The molecule has 0 aromatic heterocycles. The second kappa shape index (κ2) is 2.51. The summed E-state index contributed by atoms with van der Waals surface area (Å²) < 4.78 is 0. The fourth-order valence-corrected chi connectivity index (χ4v) is 0.289. The third-order valence-corrected chi connectivity index (χ3v) is 1.50. The van der Waals surface area contributed by atoms with Gasteiger partial charge in [0.05, 0.1) is 0 Å². The molecular formula is C3H7NaS. The van der Waals surface area contributed by atoms with Gasteiger partial charge in [0.1, 0.15) is 0 Å². The molecule has 0 saturated carbocycles. The van der Waals surface area contributed by atoms with Gasteiger partial charge in [-0.3, -0.25) is 0 Å². The van der Waals surface area contributed by atoms with Crippen LogP contribution in [0.25, 0.3) is 0 Å². The Hall–Kier alpha value is 1.35. The zero-order chi connectivity index (χ0) is 2.99. The molecule has 1 unspecified atom stereocenters. The molecule has 1 atom stereocenters. The van der Waals surface area contributed by atoms with Crippen molar-refractivity contribution in [3.05, 3.63) is 0 Å². The van der Waals surface area contributed by atoms with E-state index in [0.29, 0.717) is 0 Å². The van der Waals surface area contributed by atoms with Crippen LogP contribution >= 0.6 is 11.8 Å². The summed E-state index contributed by atoms with van der Waals surface area (Å²) >= 11 is 2.02. The van der Waals surface area contributed by atoms with Gasteiger partial charge in [0.15, 0.2) is 0 Å². The van der Waals surface area contributed by atoms with Crippen LogP contribution in [-0.4, -0.2) is 11.0 Å². The van der Waals surface area contributed by atoms with Crippen LogP contribution in [-0.2, 0) is 0 Å². The molecule has 2 heteroatoms. The van der Waals surface area contributed by atoms with E-state index in [1.807, 2.05) is 11.8 Å². The molecule has 1 rings (SSSR count). The molecule has 0 aromatic carbocycles. The van der Waals surface area contributed by atoms with Gasteiger partial charge in [0.2, 0.25) is 0 Å². The zero-order valence-electron chi connectivity index (χ0n) is 4.69. The maximum Gasteiger partial charge on any atom is 1.00 e. The van der Waals surface area contributed by atoms with E-state index in [1.165, 1.54) is 5.75 Å². The molecule has 0 aliphatic carbocycles. The average Bonchev–Trinajstić information content (AvgIpc) is 1.75. The van der Waals surface area contributed by atoms with Crippen molar-refractivity contribution in [2.75, 3.05) is 5.75 Å². The predicted molar refractivity (Wildman–Crippen MR) is 23.0 cm³/mol. The summed E-state index contributed by atoms with van der Waals surface area (Å²) in [5.74, 6) is 1.40. The molecule has 1 heterocycles. The normalized spacial score (nSPS) is 31.8. The summed E-state index contributed by atoms with van der Waals surface area (Å²) in [6, 6.07) is 0. The van der Waals surface area contributed by atoms with Crippen molar-refractivity contribution < 1.29 is 31.0 Å². The Morgan fingerprint density at radius 3 is 2.20 bits per heavy atom. The number of hydrogen-bond acceptors (Lipinski definition) is 1. The van der Waals surface area contributed by atoms with Gasteiger partial charge in [0.25, 0.3) is 0 Å². The van der Waals surface area contributed by atoms with Crippen molar-refractivity contribution in [2.24, 2.45) is 0 Å². The van der Waals surface area contributed by atoms with Gasteiger partial charge in [-0.2, -0.15) is 11.8 Å². The van der Waals surface area contributed by atoms with Crippen molar-refractivity contribution in [3.63, 3.8) is 0 Å². The third kappa shape index (κ3) is 3.17. The predicted octanol–water partition coefficient (Wildman–Crippen LogP) is -1.76. The van der Waals surface area contributed by atoms with E-state index >= 15 is 0 Å². The Balaban J connectivity index is 0. The van der Waals surface area contributed by atoms with E-state index in [2.05, 4.69) is 6.92 Å². The van der Waals surface area contributed by atoms with E-state index in [9.17, 15) is 0 Å². The zero-order valence-corrected chi connectivity index (χ0v) is 6.51. The van der Waals surface area contributed by atoms with Gasteiger partial charge in [0, 0.05) is 11.0 Å². The minimum Gasteiger partial charge on any atom is -1.00 e. The van der Waals surface area contributed by atoms with Gasteiger partial charge in [-0.15, -0.1) is 0 Å². The number of hydrogen-bond donors (Lipinski definition) is 0. The maximum atomic E-state index is 2.24. The molecule has 1 aliphatic rings. The quantitative estimate of drug-likeness (QED) is 0.255. The van der Waals surface area contributed by atoms with E-state index in [1.54, 1.807) is 0 Å². The van der Waals surface area contributed by atoms with Crippen LogP contribution in [0.4, 0.5) is 0 Å². The van der Waals surface area contributed by atoms with E-state index < -0.39 is 0 Å². The summed E-state index contributed by atoms with van der Waals surface area (Å²) in [5.41, 5.74) is 0. The second-order valence-corrected chi connectivity index (χ2v) is 2.62. The van der Waals surface area contributed by atoms with Crippen molar-refractivity contribution >= 4 is 11.8 Å². The first-order chi connectivity index (χ1) is 1.89. The van der Waals surface area contributed by atoms with Crippen LogP contribution in [0, 0.1) is 0 Å². The first-order valence-electron chi connectivity index (χ1n) is 1.51. The van der Waals surface area contributed by atoms with Crippen molar-refractivity contribution in [1.82, 2.24) is 0 Å². The Bertz CT molecular complexity index is 30.0. The molecule has 0 N–H and O–H groups in total. The molecule has 0 aromatic rings. The van der Waals surface area contributed by atoms with E-state index in [-0.39, 0.29) is 31.0 Å². The fraction of sp³-hybridized carbons (Fsp3) is 1.00. The van der Waals surface area contributed by atoms with Gasteiger partial charge in [-0.1, -0.05) is 6.92 Å². The minimum atomic E-state index is 0. The maximum absolute atomic E-state index is 2.24. The Labute approximate surface area is 60.5 Å². The molecular weight excluding hydrogens is 91.1 g/mol. The van der Waals surface area contributed by atoms with Crippen LogP contribution < -0.4 is 29.6 Å². The third-order valence-electron chi connectivity index (χ3n) is 0.500. The number of rotatable bonds is 0. The molecule has 0 spiro atoms. The van der Waals surface area contributed by atoms with E-state index in [4.69, 9.17) is 0 Å². The largest absolute Gasteiger partial charge is 1.00 e. The first kappa shape index (κ1) is 6.35. The van der Waals surface area contributed by atoms with Crippen LogP contribution in [0.5, 0.6) is 0 Å². The average molecular weight is 98.1 g/mol. The molecule has 5 heavy (non-hydrogen) atoms. The minimum absolute atomic E-state index is 0. The van der Waals surface area contributed by atoms with E-state index in [0.717, 1.165) is 5.25 Å². The van der Waals surface area contributed by atoms with Gasteiger partial charge < -0.3 is 1.43 Å². The summed E-state index contributed by atoms with van der Waals surface area (Å²) in [5, 5.41) is 1.000. The molecule has 0 bridgehead atoms. The van der Waals surface area contributed by atoms with Gasteiger partial charge >= 0.3 is 29.6 Å². The summed E-state index contributed by atoms with van der Waals surface area (Å²) in [4.78, 5) is 0. The molecule has 26 valence electrons. The van der Waals surface area contributed by atoms with Gasteiger partial charge in [-0.25, -0.2) is 0 Å². The molecule has 1 aliphatic heterocycles.